The summed E-state index contributed by atoms with van der Waals surface area (Å²) >= 11 is 1.27. The van der Waals surface area contributed by atoms with Crippen LogP contribution in [-0.2, 0) is 19.1 Å². The van der Waals surface area contributed by atoms with Gasteiger partial charge in [0.15, 0.2) is 0 Å². The van der Waals surface area contributed by atoms with Crippen LogP contribution >= 0.6 is 11.8 Å². The number of rotatable bonds is 5. The molecule has 0 N–H and O–H groups in total. The Morgan fingerprint density at radius 2 is 1.96 bits per heavy atom. The lowest BCUT2D eigenvalue weighted by atomic mass is 9.80. The lowest BCUT2D eigenvalue weighted by molar-refractivity contribution is -0.138. The first-order chi connectivity index (χ1) is 11.5. The molecule has 0 heterocycles. The Hall–Kier alpha value is -2.25. The number of thioether (sulfide) groups is 1. The quantitative estimate of drug-likeness (QED) is 0.428. The average molecular weight is 348 g/mol. The van der Waals surface area contributed by atoms with Crippen LogP contribution < -0.4 is 0 Å². The largest absolute Gasteiger partial charge is 0.465 e. The molecule has 1 aliphatic rings. The van der Waals surface area contributed by atoms with Gasteiger partial charge in [0.05, 0.1) is 13.7 Å². The summed E-state index contributed by atoms with van der Waals surface area (Å²) in [6.07, 6.45) is 4.73. The van der Waals surface area contributed by atoms with E-state index in [9.17, 15) is 20.1 Å². The van der Waals surface area contributed by atoms with Gasteiger partial charge in [0, 0.05) is 10.8 Å². The van der Waals surface area contributed by atoms with Crippen molar-refractivity contribution in [1.29, 1.82) is 10.5 Å². The SMILES string of the molecule is CCOC(=O)/C(C#N)=C1\CCCC[C@H]1/C(SC)=C(/C#N)C(=O)OC. The lowest BCUT2D eigenvalue weighted by Crippen LogP contribution is -2.20. The van der Waals surface area contributed by atoms with Gasteiger partial charge in [0.2, 0.25) is 0 Å². The Morgan fingerprint density at radius 1 is 1.25 bits per heavy atom. The van der Waals surface area contributed by atoms with Crippen molar-refractivity contribution in [2.45, 2.75) is 32.6 Å². The maximum Gasteiger partial charge on any atom is 0.349 e. The number of hydrogen-bond acceptors (Lipinski definition) is 7. The second-order valence-electron chi connectivity index (χ2n) is 5.08. The van der Waals surface area contributed by atoms with E-state index in [2.05, 4.69) is 4.74 Å². The molecule has 0 aliphatic heterocycles. The summed E-state index contributed by atoms with van der Waals surface area (Å²) in [6.45, 7) is 1.85. The van der Waals surface area contributed by atoms with Crippen LogP contribution in [0.5, 0.6) is 0 Å². The minimum atomic E-state index is -0.707. The zero-order valence-electron chi connectivity index (χ0n) is 14.0. The van der Waals surface area contributed by atoms with Crippen LogP contribution in [-0.4, -0.2) is 31.9 Å². The fourth-order valence-corrected chi connectivity index (χ4v) is 3.65. The van der Waals surface area contributed by atoms with E-state index in [1.165, 1.54) is 18.9 Å². The highest BCUT2D eigenvalue weighted by Crippen LogP contribution is 2.41. The monoisotopic (exact) mass is 348 g/mol. The van der Waals surface area contributed by atoms with E-state index in [0.717, 1.165) is 12.8 Å². The predicted octanol–water partition coefficient (Wildman–Crippen LogP) is 2.87. The third kappa shape index (κ3) is 4.39. The van der Waals surface area contributed by atoms with E-state index in [-0.39, 0.29) is 23.7 Å². The summed E-state index contributed by atoms with van der Waals surface area (Å²) in [6, 6.07) is 3.84. The highest BCUT2D eigenvalue weighted by Gasteiger charge is 2.32. The van der Waals surface area contributed by atoms with Crippen molar-refractivity contribution in [2.24, 2.45) is 5.92 Å². The highest BCUT2D eigenvalue weighted by molar-refractivity contribution is 8.02. The summed E-state index contributed by atoms with van der Waals surface area (Å²) in [5.41, 5.74) is 0.550. The molecule has 0 unspecified atom stereocenters. The van der Waals surface area contributed by atoms with E-state index >= 15 is 0 Å². The van der Waals surface area contributed by atoms with Crippen LogP contribution in [0.2, 0.25) is 0 Å². The normalized spacial score (nSPS) is 20.1. The van der Waals surface area contributed by atoms with Gasteiger partial charge in [-0.05, 0) is 38.0 Å². The molecule has 1 aliphatic carbocycles. The molecule has 0 saturated heterocycles. The van der Waals surface area contributed by atoms with Gasteiger partial charge in [0.25, 0.3) is 0 Å². The van der Waals surface area contributed by atoms with Gasteiger partial charge in [-0.15, -0.1) is 11.8 Å². The summed E-state index contributed by atoms with van der Waals surface area (Å²) in [4.78, 5) is 24.5. The molecule has 0 amide bonds. The molecule has 0 radical (unpaired) electrons. The summed E-state index contributed by atoms with van der Waals surface area (Å²) in [7, 11) is 1.22. The molecule has 1 saturated carbocycles. The zero-order valence-corrected chi connectivity index (χ0v) is 14.9. The first kappa shape index (κ1) is 19.8. The number of methoxy groups -OCH3 is 1. The number of carbonyl (C=O) groups is 2. The van der Waals surface area contributed by atoms with Crippen LogP contribution in [0.3, 0.4) is 0 Å². The van der Waals surface area contributed by atoms with Crippen molar-refractivity contribution >= 4 is 23.7 Å². The van der Waals surface area contributed by atoms with Crippen molar-refractivity contribution in [3.63, 3.8) is 0 Å². The van der Waals surface area contributed by atoms with E-state index in [1.807, 2.05) is 12.1 Å². The molecule has 1 atom stereocenters. The molecule has 0 aromatic carbocycles. The van der Waals surface area contributed by atoms with Crippen LogP contribution in [0.25, 0.3) is 0 Å². The smallest absolute Gasteiger partial charge is 0.349 e. The molecule has 0 spiro atoms. The molecule has 0 aromatic heterocycles. The predicted molar refractivity (Wildman–Crippen MR) is 89.4 cm³/mol. The number of nitriles is 2. The minimum absolute atomic E-state index is 0.0183. The van der Waals surface area contributed by atoms with Crippen molar-refractivity contribution in [1.82, 2.24) is 0 Å². The van der Waals surface area contributed by atoms with Gasteiger partial charge >= 0.3 is 11.9 Å². The molecule has 0 aromatic rings. The Balaban J connectivity index is 3.48. The highest BCUT2D eigenvalue weighted by atomic mass is 32.2. The third-order valence-electron chi connectivity index (χ3n) is 3.81. The van der Waals surface area contributed by atoms with E-state index < -0.39 is 11.9 Å². The molecule has 128 valence electrons. The number of nitrogens with zero attached hydrogens (tertiary/aromatic N) is 2. The molecule has 6 nitrogen and oxygen atoms in total. The summed E-state index contributed by atoms with van der Waals surface area (Å²) in [5, 5.41) is 18.8. The minimum Gasteiger partial charge on any atom is -0.465 e. The van der Waals surface area contributed by atoms with Gasteiger partial charge in [0.1, 0.15) is 23.3 Å². The first-order valence-electron chi connectivity index (χ1n) is 7.62. The van der Waals surface area contributed by atoms with Crippen LogP contribution in [0.4, 0.5) is 0 Å². The van der Waals surface area contributed by atoms with E-state index in [4.69, 9.17) is 4.74 Å². The Kier molecular flexibility index (Phi) is 8.08. The summed E-state index contributed by atoms with van der Waals surface area (Å²) < 4.78 is 9.65. The number of ether oxygens (including phenoxy) is 2. The third-order valence-corrected chi connectivity index (χ3v) is 4.73. The average Bonchev–Trinajstić information content (AvgIpc) is 2.60. The van der Waals surface area contributed by atoms with E-state index in [1.54, 1.807) is 13.2 Å². The Morgan fingerprint density at radius 3 is 2.46 bits per heavy atom. The molecule has 24 heavy (non-hydrogen) atoms. The summed E-state index contributed by atoms with van der Waals surface area (Å²) in [5.74, 6) is -1.68. The van der Waals surface area contributed by atoms with Gasteiger partial charge in [-0.1, -0.05) is 6.42 Å². The number of carbonyl (C=O) groups excluding carboxylic acids is 2. The fraction of sp³-hybridized carbons (Fsp3) is 0.529. The van der Waals surface area contributed by atoms with Crippen molar-refractivity contribution in [3.05, 3.63) is 21.6 Å². The molecule has 1 fully saturated rings. The zero-order chi connectivity index (χ0) is 18.1. The Bertz CT molecular complexity index is 652. The molecule has 7 heteroatoms. The molecule has 0 bridgehead atoms. The van der Waals surface area contributed by atoms with Crippen molar-refractivity contribution in [2.75, 3.05) is 20.0 Å². The number of allylic oxidation sites excluding steroid dienone is 2. The fourth-order valence-electron chi connectivity index (χ4n) is 2.77. The van der Waals surface area contributed by atoms with Gasteiger partial charge in [-0.2, -0.15) is 10.5 Å². The topological polar surface area (TPSA) is 100 Å². The van der Waals surface area contributed by atoms with Crippen molar-refractivity contribution < 1.29 is 19.1 Å². The second-order valence-corrected chi connectivity index (χ2v) is 5.93. The van der Waals surface area contributed by atoms with Crippen molar-refractivity contribution in [3.8, 4) is 12.1 Å². The van der Waals surface area contributed by atoms with Gasteiger partial charge in [-0.25, -0.2) is 9.59 Å². The Labute approximate surface area is 146 Å². The van der Waals surface area contributed by atoms with Crippen LogP contribution in [0, 0.1) is 28.6 Å². The standard InChI is InChI=1S/C17H20N2O4S/c1-4-23-17(21)13(9-18)11-7-5-6-8-12(11)15(24-3)14(10-19)16(20)22-2/h12H,4-8H2,1-3H3/b13-11+,15-14+/t12-/m1/s1. The maximum absolute atomic E-state index is 12.1. The van der Waals surface area contributed by atoms with Crippen LogP contribution in [0.1, 0.15) is 32.6 Å². The van der Waals surface area contributed by atoms with Gasteiger partial charge < -0.3 is 9.47 Å². The van der Waals surface area contributed by atoms with E-state index in [0.29, 0.717) is 23.3 Å². The molecular formula is C17H20N2O4S. The second kappa shape index (κ2) is 9.79. The lowest BCUT2D eigenvalue weighted by Gasteiger charge is -2.28. The van der Waals surface area contributed by atoms with Crippen LogP contribution in [0.15, 0.2) is 21.6 Å². The number of esters is 2. The number of hydrogen-bond donors (Lipinski definition) is 0. The first-order valence-corrected chi connectivity index (χ1v) is 8.84. The molecule has 1 rings (SSSR count). The molecular weight excluding hydrogens is 328 g/mol. The van der Waals surface area contributed by atoms with Gasteiger partial charge in [-0.3, -0.25) is 0 Å². The maximum atomic E-state index is 12.1.